The van der Waals surface area contributed by atoms with Gasteiger partial charge in [-0.3, -0.25) is 0 Å². The molecule has 0 aliphatic carbocycles. The van der Waals surface area contributed by atoms with E-state index in [2.05, 4.69) is 19.0 Å². The standard InChI is InChI=1S/C17H30O3/c1-4-5-6-7-8-9-10-11-12-13-20-17(15(2)3)16(19)14-18/h16,18-19H,4-11,14H2,1-3H3. The average Bonchev–Trinajstić information content (AvgIpc) is 2.43. The van der Waals surface area contributed by atoms with Crippen LogP contribution in [0.2, 0.25) is 0 Å². The smallest absolute Gasteiger partial charge is 0.146 e. The summed E-state index contributed by atoms with van der Waals surface area (Å²) in [5.41, 5.74) is 0.830. The first-order valence-electron chi connectivity index (χ1n) is 7.74. The minimum Gasteiger partial charge on any atom is -0.409 e. The Labute approximate surface area is 124 Å². The Morgan fingerprint density at radius 3 is 2.20 bits per heavy atom. The molecule has 0 radical (unpaired) electrons. The van der Waals surface area contributed by atoms with Crippen molar-refractivity contribution in [3.8, 4) is 12.0 Å². The van der Waals surface area contributed by atoms with Crippen LogP contribution in [-0.2, 0) is 4.74 Å². The van der Waals surface area contributed by atoms with Gasteiger partial charge in [-0.15, -0.1) is 0 Å². The monoisotopic (exact) mass is 282 g/mol. The number of hydrogen-bond donors (Lipinski definition) is 2. The lowest BCUT2D eigenvalue weighted by molar-refractivity contribution is 0.0847. The van der Waals surface area contributed by atoms with E-state index in [0.29, 0.717) is 5.76 Å². The number of ether oxygens (including phenoxy) is 1. The highest BCUT2D eigenvalue weighted by molar-refractivity contribution is 5.10. The minimum atomic E-state index is -0.979. The highest BCUT2D eigenvalue weighted by Crippen LogP contribution is 2.10. The topological polar surface area (TPSA) is 49.7 Å². The zero-order valence-electron chi connectivity index (χ0n) is 13.2. The van der Waals surface area contributed by atoms with Crippen LogP contribution in [0.5, 0.6) is 0 Å². The number of unbranched alkanes of at least 4 members (excludes halogenated alkanes) is 7. The molecule has 116 valence electrons. The van der Waals surface area contributed by atoms with Gasteiger partial charge in [0.05, 0.1) is 6.61 Å². The van der Waals surface area contributed by atoms with Gasteiger partial charge in [-0.2, -0.15) is 0 Å². The fourth-order valence-corrected chi connectivity index (χ4v) is 1.90. The molecule has 0 spiro atoms. The molecule has 0 aliphatic rings. The predicted molar refractivity (Wildman–Crippen MR) is 82.9 cm³/mol. The number of rotatable bonds is 10. The van der Waals surface area contributed by atoms with Crippen molar-refractivity contribution in [3.05, 3.63) is 11.3 Å². The van der Waals surface area contributed by atoms with E-state index in [-0.39, 0.29) is 6.61 Å². The molecule has 0 amide bonds. The van der Waals surface area contributed by atoms with Crippen molar-refractivity contribution in [2.45, 2.75) is 78.2 Å². The first kappa shape index (κ1) is 19.0. The second-order valence-electron chi connectivity index (χ2n) is 5.31. The van der Waals surface area contributed by atoms with Gasteiger partial charge in [0.15, 0.2) is 0 Å². The van der Waals surface area contributed by atoms with E-state index in [4.69, 9.17) is 9.84 Å². The average molecular weight is 282 g/mol. The van der Waals surface area contributed by atoms with Gasteiger partial charge >= 0.3 is 0 Å². The fourth-order valence-electron chi connectivity index (χ4n) is 1.90. The van der Waals surface area contributed by atoms with Crippen molar-refractivity contribution in [1.82, 2.24) is 0 Å². The van der Waals surface area contributed by atoms with E-state index in [1.54, 1.807) is 0 Å². The lowest BCUT2D eigenvalue weighted by Crippen LogP contribution is -2.17. The number of aliphatic hydroxyl groups excluding tert-OH is 2. The third kappa shape index (κ3) is 9.89. The zero-order valence-corrected chi connectivity index (χ0v) is 13.2. The van der Waals surface area contributed by atoms with Crippen molar-refractivity contribution in [1.29, 1.82) is 0 Å². The highest BCUT2D eigenvalue weighted by Gasteiger charge is 2.12. The van der Waals surface area contributed by atoms with Crippen LogP contribution >= 0.6 is 0 Å². The first-order chi connectivity index (χ1) is 9.63. The molecule has 1 unspecified atom stereocenters. The van der Waals surface area contributed by atoms with Crippen molar-refractivity contribution in [3.63, 3.8) is 0 Å². The maximum absolute atomic E-state index is 9.53. The maximum atomic E-state index is 9.53. The van der Waals surface area contributed by atoms with Crippen LogP contribution in [0, 0.1) is 12.0 Å². The Kier molecular flexibility index (Phi) is 12.4. The molecule has 0 bridgehead atoms. The molecule has 0 aromatic rings. The largest absolute Gasteiger partial charge is 0.409 e. The molecule has 0 heterocycles. The Morgan fingerprint density at radius 1 is 1.05 bits per heavy atom. The molecular weight excluding hydrogens is 252 g/mol. The van der Waals surface area contributed by atoms with Gasteiger partial charge < -0.3 is 14.9 Å². The Bertz CT molecular complexity index is 319. The molecule has 2 N–H and O–H groups in total. The molecule has 0 saturated carbocycles. The summed E-state index contributed by atoms with van der Waals surface area (Å²) in [5, 5.41) is 18.4. The Balaban J connectivity index is 3.74. The molecule has 0 saturated heterocycles. The highest BCUT2D eigenvalue weighted by atomic mass is 16.5. The SMILES string of the molecule is CCCCCCCCCC#COC(=C(C)C)C(O)CO. The quantitative estimate of drug-likeness (QED) is 0.364. The summed E-state index contributed by atoms with van der Waals surface area (Å²) in [4.78, 5) is 0. The third-order valence-corrected chi connectivity index (χ3v) is 3.11. The van der Waals surface area contributed by atoms with Crippen LogP contribution in [0.15, 0.2) is 11.3 Å². The molecule has 0 fully saturated rings. The van der Waals surface area contributed by atoms with Gasteiger partial charge in [0.25, 0.3) is 0 Å². The summed E-state index contributed by atoms with van der Waals surface area (Å²) in [7, 11) is 0. The normalized spacial score (nSPS) is 11.4. The number of allylic oxidation sites excluding steroid dienone is 1. The molecule has 20 heavy (non-hydrogen) atoms. The van der Waals surface area contributed by atoms with Gasteiger partial charge in [-0.25, -0.2) is 0 Å². The zero-order chi connectivity index (χ0) is 15.2. The molecule has 0 rings (SSSR count). The van der Waals surface area contributed by atoms with Gasteiger partial charge in [0, 0.05) is 6.42 Å². The van der Waals surface area contributed by atoms with Crippen molar-refractivity contribution < 1.29 is 14.9 Å². The molecule has 3 heteroatoms. The fraction of sp³-hybridized carbons (Fsp3) is 0.765. The summed E-state index contributed by atoms with van der Waals surface area (Å²) in [5.74, 6) is 3.31. The van der Waals surface area contributed by atoms with Crippen molar-refractivity contribution in [2.75, 3.05) is 6.61 Å². The van der Waals surface area contributed by atoms with E-state index in [1.807, 2.05) is 13.8 Å². The van der Waals surface area contributed by atoms with Crippen molar-refractivity contribution in [2.24, 2.45) is 0 Å². The van der Waals surface area contributed by atoms with Crippen LogP contribution in [-0.4, -0.2) is 22.9 Å². The lowest BCUT2D eigenvalue weighted by atomic mass is 10.1. The third-order valence-electron chi connectivity index (χ3n) is 3.11. The maximum Gasteiger partial charge on any atom is 0.146 e. The van der Waals surface area contributed by atoms with Gasteiger partial charge in [-0.05, 0) is 25.8 Å². The van der Waals surface area contributed by atoms with Crippen molar-refractivity contribution >= 4 is 0 Å². The molecule has 3 nitrogen and oxygen atoms in total. The van der Waals surface area contributed by atoms with Gasteiger partial charge in [0.2, 0.25) is 0 Å². The van der Waals surface area contributed by atoms with Gasteiger partial charge in [0.1, 0.15) is 18.0 Å². The Morgan fingerprint density at radius 2 is 1.65 bits per heavy atom. The summed E-state index contributed by atoms with van der Waals surface area (Å²) < 4.78 is 5.22. The van der Waals surface area contributed by atoms with Crippen LogP contribution in [0.3, 0.4) is 0 Å². The molecule has 0 aliphatic heterocycles. The number of hydrogen-bond acceptors (Lipinski definition) is 3. The van der Waals surface area contributed by atoms with Crippen LogP contribution in [0.4, 0.5) is 0 Å². The molecule has 1 atom stereocenters. The van der Waals surface area contributed by atoms with Crippen LogP contribution < -0.4 is 0 Å². The second-order valence-corrected chi connectivity index (χ2v) is 5.31. The van der Waals surface area contributed by atoms with Crippen LogP contribution in [0.25, 0.3) is 0 Å². The van der Waals surface area contributed by atoms with E-state index in [1.165, 1.54) is 38.5 Å². The van der Waals surface area contributed by atoms with E-state index in [9.17, 15) is 5.11 Å². The summed E-state index contributed by atoms with van der Waals surface area (Å²) in [6, 6.07) is 0. The molecule has 0 aromatic carbocycles. The minimum absolute atomic E-state index is 0.347. The molecular formula is C17H30O3. The van der Waals surface area contributed by atoms with E-state index in [0.717, 1.165) is 18.4 Å². The summed E-state index contributed by atoms with van der Waals surface area (Å²) >= 11 is 0. The molecule has 0 aromatic heterocycles. The predicted octanol–water partition coefficient (Wildman–Crippen LogP) is 3.75. The number of aliphatic hydroxyl groups is 2. The van der Waals surface area contributed by atoms with Gasteiger partial charge in [-0.1, -0.05) is 51.4 Å². The Hall–Kier alpha value is -0.980. The first-order valence-corrected chi connectivity index (χ1v) is 7.74. The summed E-state index contributed by atoms with van der Waals surface area (Å²) in [6.45, 7) is 5.53. The summed E-state index contributed by atoms with van der Waals surface area (Å²) in [6.07, 6.45) is 11.3. The van der Waals surface area contributed by atoms with E-state index < -0.39 is 6.10 Å². The van der Waals surface area contributed by atoms with Crippen LogP contribution in [0.1, 0.15) is 72.1 Å². The van der Waals surface area contributed by atoms with E-state index >= 15 is 0 Å². The lowest BCUT2D eigenvalue weighted by Gasteiger charge is -2.11. The second kappa shape index (κ2) is 13.0.